The summed E-state index contributed by atoms with van der Waals surface area (Å²) >= 11 is 3.10. The maximum Gasteiger partial charge on any atom is 0.233 e. The van der Waals surface area contributed by atoms with E-state index in [0.717, 1.165) is 11.3 Å². The summed E-state index contributed by atoms with van der Waals surface area (Å²) in [4.78, 5) is 9.76. The third-order valence-corrected chi connectivity index (χ3v) is 4.18. The number of nitrogen functional groups attached to an aromatic ring is 1. The van der Waals surface area contributed by atoms with Crippen LogP contribution in [0.15, 0.2) is 39.1 Å². The maximum absolute atomic E-state index is 5.59. The predicted octanol–water partition coefficient (Wildman–Crippen LogP) is 3.09. The monoisotopic (exact) mass is 304 g/mol. The predicted molar refractivity (Wildman–Crippen MR) is 80.8 cm³/mol. The third kappa shape index (κ3) is 2.83. The summed E-state index contributed by atoms with van der Waals surface area (Å²) in [7, 11) is 0. The average Bonchev–Trinajstić information content (AvgIpc) is 3.09. The molecule has 0 spiro atoms. The molecule has 0 radical (unpaired) electrons. The van der Waals surface area contributed by atoms with Crippen LogP contribution < -0.4 is 5.73 Å². The van der Waals surface area contributed by atoms with Gasteiger partial charge in [0.15, 0.2) is 5.13 Å². The topological polar surface area (TPSA) is 77.8 Å². The summed E-state index contributed by atoms with van der Waals surface area (Å²) in [6, 6.07) is 8.05. The Morgan fingerprint density at radius 2 is 2.05 bits per heavy atom. The molecule has 7 heteroatoms. The van der Waals surface area contributed by atoms with Crippen molar-refractivity contribution in [3.63, 3.8) is 0 Å². The van der Waals surface area contributed by atoms with Crippen molar-refractivity contribution in [2.45, 2.75) is 11.3 Å². The summed E-state index contributed by atoms with van der Waals surface area (Å²) in [5, 5.41) is 6.44. The number of nitrogens with zero attached hydrogens (tertiary/aromatic N) is 3. The molecule has 102 valence electrons. The Labute approximate surface area is 124 Å². The molecular weight excluding hydrogens is 292 g/mol. The standard InChI is InChI=1S/C13H12N4OS2/c1-19-10-4-2-8(3-5-10)12-16-11(18-17-12)6-9-7-20-13(14)15-9/h2-5,7H,6H2,1H3,(H2,14,15). The van der Waals surface area contributed by atoms with E-state index in [-0.39, 0.29) is 0 Å². The molecule has 0 bridgehead atoms. The molecule has 0 aliphatic rings. The fraction of sp³-hybridized carbons (Fsp3) is 0.154. The second-order valence-electron chi connectivity index (χ2n) is 4.09. The van der Waals surface area contributed by atoms with Gasteiger partial charge in [0.2, 0.25) is 11.7 Å². The van der Waals surface area contributed by atoms with Gasteiger partial charge in [-0.05, 0) is 30.5 Å². The first kappa shape index (κ1) is 13.1. The first-order valence-electron chi connectivity index (χ1n) is 5.91. The average molecular weight is 304 g/mol. The molecule has 20 heavy (non-hydrogen) atoms. The number of aromatic nitrogens is 3. The van der Waals surface area contributed by atoms with Crippen molar-refractivity contribution in [2.24, 2.45) is 0 Å². The minimum Gasteiger partial charge on any atom is -0.375 e. The number of rotatable bonds is 4. The lowest BCUT2D eigenvalue weighted by molar-refractivity contribution is 0.385. The second kappa shape index (κ2) is 5.64. The molecule has 2 N–H and O–H groups in total. The number of thiazole rings is 1. The minimum atomic E-state index is 0.504. The molecule has 2 heterocycles. The van der Waals surface area contributed by atoms with Crippen molar-refractivity contribution < 1.29 is 4.52 Å². The molecule has 0 saturated carbocycles. The minimum absolute atomic E-state index is 0.504. The second-order valence-corrected chi connectivity index (χ2v) is 5.86. The fourth-order valence-corrected chi connectivity index (χ4v) is 2.71. The van der Waals surface area contributed by atoms with E-state index in [2.05, 4.69) is 15.1 Å². The van der Waals surface area contributed by atoms with Crippen LogP contribution in [-0.4, -0.2) is 21.4 Å². The summed E-state index contributed by atoms with van der Waals surface area (Å²) in [5.41, 5.74) is 7.38. The lowest BCUT2D eigenvalue weighted by Gasteiger charge is -1.96. The van der Waals surface area contributed by atoms with Gasteiger partial charge in [-0.3, -0.25) is 0 Å². The summed E-state index contributed by atoms with van der Waals surface area (Å²) < 4.78 is 5.25. The summed E-state index contributed by atoms with van der Waals surface area (Å²) in [6.45, 7) is 0. The Bertz CT molecular complexity index is 705. The van der Waals surface area contributed by atoms with Gasteiger partial charge in [-0.2, -0.15) is 4.98 Å². The number of nitrogens with two attached hydrogens (primary N) is 1. The quantitative estimate of drug-likeness (QED) is 0.746. The summed E-state index contributed by atoms with van der Waals surface area (Å²) in [5.74, 6) is 1.13. The van der Waals surface area contributed by atoms with E-state index < -0.39 is 0 Å². The Kier molecular flexibility index (Phi) is 3.70. The molecule has 1 aromatic carbocycles. The number of thioether (sulfide) groups is 1. The molecule has 0 amide bonds. The van der Waals surface area contributed by atoms with Gasteiger partial charge < -0.3 is 10.3 Å². The van der Waals surface area contributed by atoms with Crippen molar-refractivity contribution in [3.05, 3.63) is 41.2 Å². The number of benzene rings is 1. The molecule has 0 aliphatic heterocycles. The van der Waals surface area contributed by atoms with Crippen molar-refractivity contribution >= 4 is 28.2 Å². The molecule has 0 unspecified atom stereocenters. The Morgan fingerprint density at radius 1 is 1.25 bits per heavy atom. The van der Waals surface area contributed by atoms with Gasteiger partial charge in [0.1, 0.15) is 0 Å². The van der Waals surface area contributed by atoms with Crippen LogP contribution in [0, 0.1) is 0 Å². The molecule has 0 saturated heterocycles. The molecular formula is C13H12N4OS2. The molecule has 3 aromatic rings. The van der Waals surface area contributed by atoms with Gasteiger partial charge in [-0.1, -0.05) is 5.16 Å². The number of hydrogen-bond donors (Lipinski definition) is 1. The van der Waals surface area contributed by atoms with E-state index in [1.807, 2.05) is 35.9 Å². The van der Waals surface area contributed by atoms with Crippen LogP contribution in [0.3, 0.4) is 0 Å². The Hall–Kier alpha value is -1.86. The van der Waals surface area contributed by atoms with E-state index in [4.69, 9.17) is 10.3 Å². The Morgan fingerprint density at radius 3 is 2.70 bits per heavy atom. The highest BCUT2D eigenvalue weighted by atomic mass is 32.2. The molecule has 0 atom stereocenters. The third-order valence-electron chi connectivity index (χ3n) is 2.72. The number of anilines is 1. The van der Waals surface area contributed by atoms with Gasteiger partial charge in [0, 0.05) is 15.8 Å². The fourth-order valence-electron chi connectivity index (χ4n) is 1.74. The van der Waals surface area contributed by atoms with Gasteiger partial charge in [0.25, 0.3) is 0 Å². The smallest absolute Gasteiger partial charge is 0.233 e. The molecule has 5 nitrogen and oxygen atoms in total. The first-order chi connectivity index (χ1) is 9.74. The van der Waals surface area contributed by atoms with E-state index in [1.54, 1.807) is 11.8 Å². The van der Waals surface area contributed by atoms with Gasteiger partial charge in [-0.15, -0.1) is 23.1 Å². The van der Waals surface area contributed by atoms with Crippen LogP contribution in [0.4, 0.5) is 5.13 Å². The van der Waals surface area contributed by atoms with Gasteiger partial charge in [-0.25, -0.2) is 4.98 Å². The molecule has 0 fully saturated rings. The Balaban J connectivity index is 1.78. The highest BCUT2D eigenvalue weighted by molar-refractivity contribution is 7.98. The van der Waals surface area contributed by atoms with Crippen molar-refractivity contribution in [3.8, 4) is 11.4 Å². The van der Waals surface area contributed by atoms with Gasteiger partial charge in [0.05, 0.1) is 12.1 Å². The van der Waals surface area contributed by atoms with Crippen LogP contribution in [0.25, 0.3) is 11.4 Å². The SMILES string of the molecule is CSc1ccc(-c2noc(Cc3csc(N)n3)n2)cc1. The van der Waals surface area contributed by atoms with E-state index >= 15 is 0 Å². The zero-order valence-electron chi connectivity index (χ0n) is 10.7. The number of hydrogen-bond acceptors (Lipinski definition) is 7. The van der Waals surface area contributed by atoms with Crippen molar-refractivity contribution in [2.75, 3.05) is 12.0 Å². The highest BCUT2D eigenvalue weighted by Crippen LogP contribution is 2.21. The van der Waals surface area contributed by atoms with Crippen LogP contribution in [0.5, 0.6) is 0 Å². The van der Waals surface area contributed by atoms with Crippen molar-refractivity contribution in [1.82, 2.24) is 15.1 Å². The van der Waals surface area contributed by atoms with E-state index in [0.29, 0.717) is 23.3 Å². The zero-order valence-corrected chi connectivity index (χ0v) is 12.4. The van der Waals surface area contributed by atoms with Crippen LogP contribution in [0.1, 0.15) is 11.6 Å². The molecule has 0 aliphatic carbocycles. The normalized spacial score (nSPS) is 10.8. The van der Waals surface area contributed by atoms with E-state index in [1.165, 1.54) is 16.2 Å². The molecule has 2 aromatic heterocycles. The lowest BCUT2D eigenvalue weighted by Crippen LogP contribution is -1.90. The van der Waals surface area contributed by atoms with Gasteiger partial charge >= 0.3 is 0 Å². The largest absolute Gasteiger partial charge is 0.375 e. The lowest BCUT2D eigenvalue weighted by atomic mass is 10.2. The highest BCUT2D eigenvalue weighted by Gasteiger charge is 2.10. The van der Waals surface area contributed by atoms with Crippen LogP contribution >= 0.6 is 23.1 Å². The maximum atomic E-state index is 5.59. The zero-order chi connectivity index (χ0) is 13.9. The molecule has 3 rings (SSSR count). The van der Waals surface area contributed by atoms with Crippen LogP contribution in [-0.2, 0) is 6.42 Å². The first-order valence-corrected chi connectivity index (χ1v) is 8.02. The summed E-state index contributed by atoms with van der Waals surface area (Å²) in [6.07, 6.45) is 2.55. The van der Waals surface area contributed by atoms with E-state index in [9.17, 15) is 0 Å². The van der Waals surface area contributed by atoms with Crippen molar-refractivity contribution in [1.29, 1.82) is 0 Å². The van der Waals surface area contributed by atoms with Crippen LogP contribution in [0.2, 0.25) is 0 Å².